The quantitative estimate of drug-likeness (QED) is 0.0882. The Morgan fingerprint density at radius 2 is 1.31 bits per heavy atom. The first kappa shape index (κ1) is 32.8. The van der Waals surface area contributed by atoms with Gasteiger partial charge in [-0.05, 0) is 52.2 Å². The molecule has 0 atom stereocenters. The molecule has 0 amide bonds. The van der Waals surface area contributed by atoms with Gasteiger partial charge in [0.05, 0.1) is 38.6 Å². The maximum Gasteiger partial charge on any atom is 0.339 e. The zero-order valence-corrected chi connectivity index (χ0v) is 26.2. The second-order valence-corrected chi connectivity index (χ2v) is 13.1. The molecule has 12 heteroatoms. The second-order valence-electron chi connectivity index (χ2n) is 13.1. The van der Waals surface area contributed by atoms with E-state index in [0.717, 1.165) is 12.1 Å². The number of nitrogens with zero attached hydrogens (tertiary/aromatic N) is 3. The van der Waals surface area contributed by atoms with Gasteiger partial charge in [0.25, 0.3) is 17.1 Å². The summed E-state index contributed by atoms with van der Waals surface area (Å²) in [4.78, 5) is 47.4. The summed E-state index contributed by atoms with van der Waals surface area (Å²) in [7, 11) is 0. The molecule has 0 fully saturated rings. The molecule has 0 unspecified atom stereocenters. The van der Waals surface area contributed by atoms with E-state index in [0.29, 0.717) is 29.5 Å². The van der Waals surface area contributed by atoms with E-state index in [4.69, 9.17) is 4.74 Å². The lowest BCUT2D eigenvalue weighted by Gasteiger charge is -2.28. The summed E-state index contributed by atoms with van der Waals surface area (Å²) in [6.07, 6.45) is 2.87. The first-order valence-electron chi connectivity index (χ1n) is 14.4. The molecule has 1 aliphatic rings. The molecule has 3 aromatic carbocycles. The molecule has 4 rings (SSSR count). The summed E-state index contributed by atoms with van der Waals surface area (Å²) in [5.74, 6) is -0.790. The van der Waals surface area contributed by atoms with Gasteiger partial charge in [0.2, 0.25) is 0 Å². The molecule has 236 valence electrons. The number of carbonyl (C=O) groups excluding carboxylic acids is 1. The Morgan fingerprint density at radius 1 is 0.800 bits per heavy atom. The molecular formula is C33H35N3O9. The van der Waals surface area contributed by atoms with Crippen LogP contribution in [0.4, 0.5) is 17.1 Å². The fraction of sp³-hybridized carbons (Fsp3) is 0.364. The zero-order valence-electron chi connectivity index (χ0n) is 26.2. The summed E-state index contributed by atoms with van der Waals surface area (Å²) < 4.78 is 5.39. The van der Waals surface area contributed by atoms with E-state index < -0.39 is 48.6 Å². The molecule has 0 spiro atoms. The van der Waals surface area contributed by atoms with E-state index in [1.165, 1.54) is 12.1 Å². The Balaban J connectivity index is 2.18. The molecule has 1 N–H and O–H groups in total. The maximum atomic E-state index is 13.4. The van der Waals surface area contributed by atoms with E-state index in [9.17, 15) is 40.2 Å². The number of hydrogen-bond donors (Lipinski definition) is 1. The maximum absolute atomic E-state index is 13.4. The van der Waals surface area contributed by atoms with Crippen LogP contribution in [0, 0.1) is 30.3 Å². The summed E-state index contributed by atoms with van der Waals surface area (Å²) in [5, 5.41) is 47.5. The lowest BCUT2D eigenvalue weighted by molar-refractivity contribution is -0.393. The van der Waals surface area contributed by atoms with E-state index in [-0.39, 0.29) is 45.7 Å². The number of ether oxygens (including phenoxy) is 1. The van der Waals surface area contributed by atoms with Gasteiger partial charge in [-0.25, -0.2) is 4.79 Å². The predicted octanol–water partition coefficient (Wildman–Crippen LogP) is 8.24. The van der Waals surface area contributed by atoms with Crippen LogP contribution in [0.3, 0.4) is 0 Å². The van der Waals surface area contributed by atoms with Gasteiger partial charge in [0.15, 0.2) is 0 Å². The van der Waals surface area contributed by atoms with Crippen LogP contribution >= 0.6 is 0 Å². The van der Waals surface area contributed by atoms with E-state index in [1.807, 2.05) is 48.5 Å². The Hall–Kier alpha value is -5.13. The molecule has 45 heavy (non-hydrogen) atoms. The number of nitro benzene ring substituents is 3. The minimum Gasteiger partial charge on any atom is -0.507 e. The van der Waals surface area contributed by atoms with Gasteiger partial charge >= 0.3 is 5.97 Å². The van der Waals surface area contributed by atoms with Crippen LogP contribution in [0.1, 0.15) is 99.5 Å². The Morgan fingerprint density at radius 3 is 1.78 bits per heavy atom. The van der Waals surface area contributed by atoms with Crippen LogP contribution in [0.2, 0.25) is 0 Å². The third-order valence-corrected chi connectivity index (χ3v) is 7.68. The highest BCUT2D eigenvalue weighted by molar-refractivity contribution is 6.15. The number of carbonyl (C=O) groups is 1. The number of esters is 1. The number of fused-ring (bicyclic) bond motifs is 3. The number of non-ortho nitro benzene ring substituents is 2. The molecule has 0 radical (unpaired) electrons. The topological polar surface area (TPSA) is 176 Å². The standard InChI is InChI=1S/C33H35N3O9/c1-8-9-10-45-31(38)24-16-19(34(39)40)14-22-21(23-15-20(35(41)42)17-27(36(43)44)29(23)28(22)24)11-18-12-25(32(2,3)4)30(37)26(13-18)33(5,6)7/h11-17,37H,8-10H2,1-7H3/b21-11-. The van der Waals surface area contributed by atoms with Gasteiger partial charge < -0.3 is 9.84 Å². The van der Waals surface area contributed by atoms with Crippen molar-refractivity contribution in [2.75, 3.05) is 6.61 Å². The monoisotopic (exact) mass is 617 g/mol. The Labute approximate surface area is 259 Å². The molecule has 0 bridgehead atoms. The predicted molar refractivity (Wildman–Crippen MR) is 170 cm³/mol. The average molecular weight is 618 g/mol. The van der Waals surface area contributed by atoms with Crippen molar-refractivity contribution in [2.45, 2.75) is 72.1 Å². The molecule has 0 saturated heterocycles. The number of aromatic hydroxyl groups is 1. The summed E-state index contributed by atoms with van der Waals surface area (Å²) >= 11 is 0. The lowest BCUT2D eigenvalue weighted by atomic mass is 9.78. The number of nitro groups is 3. The first-order chi connectivity index (χ1) is 20.9. The normalized spacial score (nSPS) is 13.4. The van der Waals surface area contributed by atoms with Gasteiger partial charge in [0.1, 0.15) is 5.75 Å². The highest BCUT2D eigenvalue weighted by atomic mass is 16.6. The van der Waals surface area contributed by atoms with Crippen molar-refractivity contribution >= 4 is 34.7 Å². The fourth-order valence-electron chi connectivity index (χ4n) is 5.45. The van der Waals surface area contributed by atoms with Crippen molar-refractivity contribution in [2.24, 2.45) is 0 Å². The Kier molecular flexibility index (Phi) is 8.56. The molecule has 3 aromatic rings. The average Bonchev–Trinajstić information content (AvgIpc) is 3.24. The van der Waals surface area contributed by atoms with E-state index >= 15 is 0 Å². The number of benzene rings is 3. The summed E-state index contributed by atoms with van der Waals surface area (Å²) in [6, 6.07) is 7.70. The van der Waals surface area contributed by atoms with E-state index in [2.05, 4.69) is 0 Å². The third kappa shape index (κ3) is 6.26. The second kappa shape index (κ2) is 11.8. The zero-order chi connectivity index (χ0) is 33.6. The number of hydrogen-bond acceptors (Lipinski definition) is 9. The fourth-order valence-corrected chi connectivity index (χ4v) is 5.45. The van der Waals surface area contributed by atoms with Crippen molar-refractivity contribution in [3.05, 3.63) is 100 Å². The van der Waals surface area contributed by atoms with E-state index in [1.54, 1.807) is 18.2 Å². The van der Waals surface area contributed by atoms with Crippen LogP contribution in [0.15, 0.2) is 36.4 Å². The first-order valence-corrected chi connectivity index (χ1v) is 14.4. The van der Waals surface area contributed by atoms with Gasteiger partial charge in [-0.2, -0.15) is 0 Å². The molecule has 1 aliphatic carbocycles. The molecule has 0 aliphatic heterocycles. The van der Waals surface area contributed by atoms with Crippen LogP contribution in [-0.4, -0.2) is 32.5 Å². The van der Waals surface area contributed by atoms with Crippen molar-refractivity contribution in [1.82, 2.24) is 0 Å². The number of phenols is 1. The third-order valence-electron chi connectivity index (χ3n) is 7.68. The number of rotatable bonds is 8. The largest absolute Gasteiger partial charge is 0.507 e. The van der Waals surface area contributed by atoms with Gasteiger partial charge in [0, 0.05) is 40.5 Å². The molecular weight excluding hydrogens is 582 g/mol. The SMILES string of the molecule is CCCCOC(=O)c1cc([N+](=O)[O-])cc2c1-c1c(cc([N+](=O)[O-])cc1[N+](=O)[O-])/C2=C\c1cc(C(C)(C)C)c(O)c(C(C)(C)C)c1. The lowest BCUT2D eigenvalue weighted by Crippen LogP contribution is -2.17. The van der Waals surface area contributed by atoms with Crippen molar-refractivity contribution in [3.63, 3.8) is 0 Å². The highest BCUT2D eigenvalue weighted by Gasteiger charge is 2.39. The van der Waals surface area contributed by atoms with Crippen LogP contribution in [0.25, 0.3) is 22.8 Å². The molecule has 12 nitrogen and oxygen atoms in total. The van der Waals surface area contributed by atoms with Crippen LogP contribution in [-0.2, 0) is 15.6 Å². The summed E-state index contributed by atoms with van der Waals surface area (Å²) in [5.41, 5.74) is -0.783. The molecule has 0 saturated carbocycles. The van der Waals surface area contributed by atoms with Gasteiger partial charge in [-0.15, -0.1) is 0 Å². The molecule has 0 heterocycles. The highest BCUT2D eigenvalue weighted by Crippen LogP contribution is 2.53. The minimum absolute atomic E-state index is 0.0239. The minimum atomic E-state index is -0.905. The van der Waals surface area contributed by atoms with Gasteiger partial charge in [-0.3, -0.25) is 30.3 Å². The van der Waals surface area contributed by atoms with Crippen LogP contribution < -0.4 is 0 Å². The van der Waals surface area contributed by atoms with Crippen molar-refractivity contribution in [1.29, 1.82) is 0 Å². The van der Waals surface area contributed by atoms with Crippen molar-refractivity contribution in [3.8, 4) is 16.9 Å². The van der Waals surface area contributed by atoms with Crippen LogP contribution in [0.5, 0.6) is 5.75 Å². The number of phenolic OH excluding ortho intramolecular Hbond substituents is 1. The number of unbranched alkanes of at least 4 members (excludes halogenated alkanes) is 1. The smallest absolute Gasteiger partial charge is 0.339 e. The van der Waals surface area contributed by atoms with Crippen molar-refractivity contribution < 1.29 is 29.4 Å². The molecule has 0 aromatic heterocycles. The Bertz CT molecular complexity index is 1760. The van der Waals surface area contributed by atoms with Gasteiger partial charge in [-0.1, -0.05) is 54.9 Å². The summed E-state index contributed by atoms with van der Waals surface area (Å²) in [6.45, 7) is 13.5.